The minimum atomic E-state index is -3.11. The van der Waals surface area contributed by atoms with E-state index in [0.717, 1.165) is 17.5 Å². The molecule has 1 amide bonds. The first kappa shape index (κ1) is 23.2. The number of hydrogen-bond donors (Lipinski definition) is 1. The summed E-state index contributed by atoms with van der Waals surface area (Å²) >= 11 is 0. The lowest BCUT2D eigenvalue weighted by Gasteiger charge is -2.13. The molecule has 1 aliphatic rings. The molecule has 0 radical (unpaired) electrons. The largest absolute Gasteiger partial charge is 0.348 e. The summed E-state index contributed by atoms with van der Waals surface area (Å²) in [4.78, 5) is 22.3. The van der Waals surface area contributed by atoms with E-state index in [1.807, 2.05) is 31.2 Å². The van der Waals surface area contributed by atoms with Crippen LogP contribution >= 0.6 is 0 Å². The number of sulfone groups is 1. The highest BCUT2D eigenvalue weighted by molar-refractivity contribution is 7.91. The fraction of sp³-hybridized carbons (Fsp3) is 0.308. The van der Waals surface area contributed by atoms with Crippen molar-refractivity contribution in [1.82, 2.24) is 25.1 Å². The van der Waals surface area contributed by atoms with E-state index in [0.29, 0.717) is 41.0 Å². The molecule has 1 N–H and O–H groups in total. The second kappa shape index (κ2) is 9.22. The SMILES string of the molecule is CCc1ccc(-c2cc(C(=O)NCc3ccncc3)c3c(C)nn(C4CCS(=O)(=O)C4)c3n2)cc1. The number of hydrogen-bond acceptors (Lipinski definition) is 6. The van der Waals surface area contributed by atoms with Crippen LogP contribution in [0.2, 0.25) is 0 Å². The van der Waals surface area contributed by atoms with Gasteiger partial charge < -0.3 is 5.32 Å². The standard InChI is InChI=1S/C26H27N5O3S/c1-3-18-4-6-20(7-5-18)23-14-22(26(32)28-15-19-8-11-27-12-9-19)24-17(2)30-31(25(24)29-23)21-10-13-35(33,34)16-21/h4-9,11-12,14,21H,3,10,13,15-16H2,1-2H3,(H,28,32). The van der Waals surface area contributed by atoms with E-state index in [4.69, 9.17) is 4.98 Å². The molecular formula is C26H27N5O3S. The summed E-state index contributed by atoms with van der Waals surface area (Å²) in [5.74, 6) is -0.0679. The van der Waals surface area contributed by atoms with Crippen LogP contribution in [-0.2, 0) is 22.8 Å². The smallest absolute Gasteiger partial charge is 0.252 e. The number of carbonyl (C=O) groups excluding carboxylic acids is 1. The number of benzene rings is 1. The average Bonchev–Trinajstić information content (AvgIpc) is 3.41. The van der Waals surface area contributed by atoms with Crippen LogP contribution in [0.15, 0.2) is 54.9 Å². The van der Waals surface area contributed by atoms with E-state index in [2.05, 4.69) is 34.5 Å². The summed E-state index contributed by atoms with van der Waals surface area (Å²) in [5, 5.41) is 8.31. The van der Waals surface area contributed by atoms with E-state index < -0.39 is 9.84 Å². The molecule has 1 aliphatic heterocycles. The van der Waals surface area contributed by atoms with Gasteiger partial charge >= 0.3 is 0 Å². The Kier molecular flexibility index (Phi) is 6.10. The lowest BCUT2D eigenvalue weighted by Crippen LogP contribution is -2.23. The monoisotopic (exact) mass is 489 g/mol. The van der Waals surface area contributed by atoms with Crippen LogP contribution in [0.3, 0.4) is 0 Å². The zero-order valence-electron chi connectivity index (χ0n) is 19.7. The minimum absolute atomic E-state index is 0.0316. The Hall–Kier alpha value is -3.59. The summed E-state index contributed by atoms with van der Waals surface area (Å²) in [5.41, 5.74) is 5.35. The fourth-order valence-electron chi connectivity index (χ4n) is 4.55. The molecule has 5 rings (SSSR count). The Morgan fingerprint density at radius 2 is 1.86 bits per heavy atom. The van der Waals surface area contributed by atoms with Crippen molar-refractivity contribution in [2.24, 2.45) is 0 Å². The number of fused-ring (bicyclic) bond motifs is 1. The lowest BCUT2D eigenvalue weighted by molar-refractivity contribution is 0.0952. The van der Waals surface area contributed by atoms with Gasteiger partial charge in [-0.05, 0) is 49.1 Å². The van der Waals surface area contributed by atoms with E-state index in [-0.39, 0.29) is 23.5 Å². The highest BCUT2D eigenvalue weighted by Crippen LogP contribution is 2.32. The van der Waals surface area contributed by atoms with Crippen molar-refractivity contribution in [1.29, 1.82) is 0 Å². The lowest BCUT2D eigenvalue weighted by atomic mass is 10.0. The van der Waals surface area contributed by atoms with Gasteiger partial charge in [-0.2, -0.15) is 5.10 Å². The summed E-state index contributed by atoms with van der Waals surface area (Å²) < 4.78 is 26.0. The summed E-state index contributed by atoms with van der Waals surface area (Å²) in [6.45, 7) is 4.29. The highest BCUT2D eigenvalue weighted by Gasteiger charge is 2.32. The van der Waals surface area contributed by atoms with Crippen LogP contribution in [0.1, 0.15) is 46.6 Å². The molecule has 0 spiro atoms. The number of rotatable bonds is 6. The molecule has 1 unspecified atom stereocenters. The van der Waals surface area contributed by atoms with Crippen molar-refractivity contribution in [2.75, 3.05) is 11.5 Å². The molecule has 0 bridgehead atoms. The Bertz CT molecular complexity index is 1500. The van der Waals surface area contributed by atoms with Crippen LogP contribution < -0.4 is 5.32 Å². The van der Waals surface area contributed by atoms with Crippen LogP contribution in [0.4, 0.5) is 0 Å². The molecule has 1 atom stereocenters. The van der Waals surface area contributed by atoms with Gasteiger partial charge in [0.05, 0.1) is 39.9 Å². The molecule has 9 heteroatoms. The van der Waals surface area contributed by atoms with Crippen LogP contribution in [0.25, 0.3) is 22.3 Å². The van der Waals surface area contributed by atoms with Gasteiger partial charge in [0.15, 0.2) is 15.5 Å². The third kappa shape index (κ3) is 4.68. The van der Waals surface area contributed by atoms with Crippen molar-refractivity contribution in [3.8, 4) is 11.3 Å². The molecule has 4 heterocycles. The maximum absolute atomic E-state index is 13.4. The molecule has 8 nitrogen and oxygen atoms in total. The van der Waals surface area contributed by atoms with Crippen LogP contribution in [0.5, 0.6) is 0 Å². The average molecular weight is 490 g/mol. The molecule has 3 aromatic heterocycles. The zero-order valence-corrected chi connectivity index (χ0v) is 20.5. The van der Waals surface area contributed by atoms with Gasteiger partial charge in [-0.3, -0.25) is 9.78 Å². The summed E-state index contributed by atoms with van der Waals surface area (Å²) in [7, 11) is -3.11. The maximum Gasteiger partial charge on any atom is 0.252 e. The normalized spacial score (nSPS) is 17.0. The molecule has 1 fully saturated rings. The Morgan fingerprint density at radius 1 is 1.11 bits per heavy atom. The number of amides is 1. The molecule has 0 saturated carbocycles. The second-order valence-electron chi connectivity index (χ2n) is 8.93. The number of carbonyl (C=O) groups is 1. The van der Waals surface area contributed by atoms with Gasteiger partial charge in [0.2, 0.25) is 0 Å². The van der Waals surface area contributed by atoms with Crippen molar-refractivity contribution < 1.29 is 13.2 Å². The van der Waals surface area contributed by atoms with Gasteiger partial charge in [0.1, 0.15) is 0 Å². The molecule has 1 aromatic carbocycles. The predicted molar refractivity (Wildman–Crippen MR) is 135 cm³/mol. The van der Waals surface area contributed by atoms with Crippen LogP contribution in [0, 0.1) is 6.92 Å². The number of aromatic nitrogens is 4. The van der Waals surface area contributed by atoms with Gasteiger partial charge in [-0.15, -0.1) is 0 Å². The molecular weight excluding hydrogens is 462 g/mol. The van der Waals surface area contributed by atoms with E-state index in [9.17, 15) is 13.2 Å². The molecule has 180 valence electrons. The number of nitrogens with zero attached hydrogens (tertiary/aromatic N) is 4. The number of aryl methyl sites for hydroxylation is 2. The topological polar surface area (TPSA) is 107 Å². The third-order valence-electron chi connectivity index (χ3n) is 6.50. The van der Waals surface area contributed by atoms with E-state index in [1.54, 1.807) is 23.1 Å². The quantitative estimate of drug-likeness (QED) is 0.443. The zero-order chi connectivity index (χ0) is 24.6. The van der Waals surface area contributed by atoms with Crippen LogP contribution in [-0.4, -0.2) is 45.6 Å². The van der Waals surface area contributed by atoms with Crippen molar-refractivity contribution in [3.63, 3.8) is 0 Å². The van der Waals surface area contributed by atoms with Gasteiger partial charge in [-0.1, -0.05) is 31.2 Å². The fourth-order valence-corrected chi connectivity index (χ4v) is 6.24. The predicted octanol–water partition coefficient (Wildman–Crippen LogP) is 3.65. The second-order valence-corrected chi connectivity index (χ2v) is 11.2. The Morgan fingerprint density at radius 3 is 2.51 bits per heavy atom. The molecule has 4 aromatic rings. The first-order valence-corrected chi connectivity index (χ1v) is 13.5. The first-order valence-electron chi connectivity index (χ1n) is 11.7. The Labute approximate surface area is 204 Å². The summed E-state index contributed by atoms with van der Waals surface area (Å²) in [6, 6.07) is 13.3. The third-order valence-corrected chi connectivity index (χ3v) is 8.25. The van der Waals surface area contributed by atoms with E-state index >= 15 is 0 Å². The molecule has 1 saturated heterocycles. The summed E-state index contributed by atoms with van der Waals surface area (Å²) in [6.07, 6.45) is 4.79. The van der Waals surface area contributed by atoms with Crippen molar-refractivity contribution in [2.45, 2.75) is 39.3 Å². The van der Waals surface area contributed by atoms with Gasteiger partial charge in [0.25, 0.3) is 5.91 Å². The molecule has 0 aliphatic carbocycles. The maximum atomic E-state index is 13.4. The van der Waals surface area contributed by atoms with E-state index in [1.165, 1.54) is 5.56 Å². The molecule has 35 heavy (non-hydrogen) atoms. The number of nitrogens with one attached hydrogen (secondary N) is 1. The highest BCUT2D eigenvalue weighted by atomic mass is 32.2. The number of pyridine rings is 2. The minimum Gasteiger partial charge on any atom is -0.348 e. The van der Waals surface area contributed by atoms with Crippen molar-refractivity contribution in [3.05, 3.63) is 77.2 Å². The van der Waals surface area contributed by atoms with Gasteiger partial charge in [0, 0.05) is 24.5 Å². The first-order chi connectivity index (χ1) is 16.8. The van der Waals surface area contributed by atoms with Crippen molar-refractivity contribution >= 4 is 26.8 Å². The Balaban J connectivity index is 1.61. The van der Waals surface area contributed by atoms with Gasteiger partial charge in [-0.25, -0.2) is 18.1 Å².